The molecule has 47 heavy (non-hydrogen) atoms. The number of hydrogen-bond acceptors (Lipinski definition) is 11. The molecule has 5 rings (SSSR count). The van der Waals surface area contributed by atoms with Crippen molar-refractivity contribution in [1.29, 1.82) is 0 Å². The van der Waals surface area contributed by atoms with E-state index < -0.39 is 23.8 Å². The average molecular weight is 682 g/mol. The number of hydrogen-bond donors (Lipinski definition) is 1. The maximum absolute atomic E-state index is 12.9. The zero-order valence-corrected chi connectivity index (χ0v) is 28.2. The number of thiocarbonyl (C=S) groups is 1. The van der Waals surface area contributed by atoms with Crippen molar-refractivity contribution in [2.45, 2.75) is 64.1 Å². The van der Waals surface area contributed by atoms with Crippen LogP contribution < -0.4 is 0 Å². The molecule has 0 spiro atoms. The second kappa shape index (κ2) is 15.6. The zero-order chi connectivity index (χ0) is 33.4. The summed E-state index contributed by atoms with van der Waals surface area (Å²) in [5.41, 5.74) is 1.89. The third-order valence-electron chi connectivity index (χ3n) is 7.21. The van der Waals surface area contributed by atoms with Crippen molar-refractivity contribution in [3.05, 3.63) is 95.2 Å². The maximum atomic E-state index is 12.9. The molecule has 14 heteroatoms. The lowest BCUT2D eigenvalue weighted by atomic mass is 10.1. The second-order valence-corrected chi connectivity index (χ2v) is 13.7. The van der Waals surface area contributed by atoms with Crippen LogP contribution in [0.5, 0.6) is 0 Å². The van der Waals surface area contributed by atoms with Gasteiger partial charge in [-0.05, 0) is 31.9 Å². The number of aromatic nitrogens is 3. The fourth-order valence-electron chi connectivity index (χ4n) is 4.85. The fraction of sp³-hybridized carbons (Fsp3) is 0.424. The van der Waals surface area contributed by atoms with E-state index in [1.807, 2.05) is 81.4 Å². The molecular formula is C33H39N5O7S2. The summed E-state index contributed by atoms with van der Waals surface area (Å²) in [4.78, 5) is 29.0. The van der Waals surface area contributed by atoms with E-state index in [9.17, 15) is 14.7 Å². The van der Waals surface area contributed by atoms with Crippen molar-refractivity contribution in [3.8, 4) is 0 Å². The van der Waals surface area contributed by atoms with Crippen LogP contribution in [-0.2, 0) is 49.3 Å². The van der Waals surface area contributed by atoms with Gasteiger partial charge in [0, 0.05) is 38.1 Å². The molecule has 0 unspecified atom stereocenters. The van der Waals surface area contributed by atoms with Crippen LogP contribution in [0.3, 0.4) is 0 Å². The van der Waals surface area contributed by atoms with Gasteiger partial charge in [0.15, 0.2) is 11.9 Å². The Hall–Kier alpha value is -4.14. The minimum atomic E-state index is -1.19. The van der Waals surface area contributed by atoms with Crippen LogP contribution in [0, 0.1) is 0 Å². The number of aliphatic hydroxyl groups is 1. The molecule has 250 valence electrons. The molecule has 0 aliphatic carbocycles. The molecule has 2 aromatic carbocycles. The van der Waals surface area contributed by atoms with Gasteiger partial charge in [0.25, 0.3) is 0 Å². The highest BCUT2D eigenvalue weighted by molar-refractivity contribution is 8.22. The molecule has 0 bridgehead atoms. The molecule has 3 heterocycles. The minimum Gasteiger partial charge on any atom is -0.485 e. The Morgan fingerprint density at radius 1 is 1.00 bits per heavy atom. The molecular weight excluding hydrogens is 643 g/mol. The first-order valence-corrected chi connectivity index (χ1v) is 16.7. The van der Waals surface area contributed by atoms with Crippen LogP contribution in [-0.4, -0.2) is 90.3 Å². The number of cyclic esters (lactones) is 1. The summed E-state index contributed by atoms with van der Waals surface area (Å²) in [6.07, 6.45) is -0.877. The van der Waals surface area contributed by atoms with Crippen molar-refractivity contribution in [2.75, 3.05) is 26.2 Å². The van der Waals surface area contributed by atoms with Crippen molar-refractivity contribution in [2.24, 2.45) is 0 Å². The maximum Gasteiger partial charge on any atom is 0.410 e. The SMILES string of the molecule is CC(C)(C)OC(=O)N1CCN(C(=S)SCc2cn(C[C@H](O)[C@H]3OC(=O)C(OCc4ccccc4)=C3OCc3ccccc3)nn2)CC1. The van der Waals surface area contributed by atoms with Gasteiger partial charge in [0.1, 0.15) is 29.2 Å². The predicted molar refractivity (Wildman–Crippen MR) is 179 cm³/mol. The van der Waals surface area contributed by atoms with Gasteiger partial charge in [0.2, 0.25) is 5.76 Å². The number of carbonyl (C=O) groups excluding carboxylic acids is 2. The molecule has 1 aromatic heterocycles. The summed E-state index contributed by atoms with van der Waals surface area (Å²) >= 11 is 7.10. The Kier molecular flexibility index (Phi) is 11.4. The van der Waals surface area contributed by atoms with Gasteiger partial charge in [-0.2, -0.15) is 0 Å². The summed E-state index contributed by atoms with van der Waals surface area (Å²) in [6, 6.07) is 18.9. The number of amides is 1. The van der Waals surface area contributed by atoms with Gasteiger partial charge in [-0.3, -0.25) is 0 Å². The number of ether oxygens (including phenoxy) is 4. The average Bonchev–Trinajstić information content (AvgIpc) is 3.64. The van der Waals surface area contributed by atoms with Gasteiger partial charge < -0.3 is 33.9 Å². The third kappa shape index (κ3) is 9.69. The van der Waals surface area contributed by atoms with E-state index in [4.69, 9.17) is 31.2 Å². The normalized spacial score (nSPS) is 17.4. The molecule has 1 N–H and O–H groups in total. The van der Waals surface area contributed by atoms with Crippen molar-refractivity contribution >= 4 is 40.4 Å². The molecule has 2 atom stereocenters. The van der Waals surface area contributed by atoms with Crippen molar-refractivity contribution in [3.63, 3.8) is 0 Å². The smallest absolute Gasteiger partial charge is 0.410 e. The quantitative estimate of drug-likeness (QED) is 0.229. The Balaban J connectivity index is 1.16. The third-order valence-corrected chi connectivity index (χ3v) is 8.76. The summed E-state index contributed by atoms with van der Waals surface area (Å²) in [7, 11) is 0. The van der Waals surface area contributed by atoms with Crippen LogP contribution in [0.2, 0.25) is 0 Å². The number of nitrogens with zero attached hydrogens (tertiary/aromatic N) is 5. The number of thioether (sulfide) groups is 1. The van der Waals surface area contributed by atoms with E-state index in [0.29, 0.717) is 41.9 Å². The number of benzene rings is 2. The van der Waals surface area contributed by atoms with Crippen molar-refractivity contribution < 1.29 is 33.6 Å². The van der Waals surface area contributed by atoms with Gasteiger partial charge >= 0.3 is 12.1 Å². The molecule has 12 nitrogen and oxygen atoms in total. The zero-order valence-electron chi connectivity index (χ0n) is 26.6. The predicted octanol–water partition coefficient (Wildman–Crippen LogP) is 4.28. The van der Waals surface area contributed by atoms with E-state index in [0.717, 1.165) is 11.1 Å². The Bertz CT molecular complexity index is 1550. The number of rotatable bonds is 11. The van der Waals surface area contributed by atoms with Gasteiger partial charge in [-0.25, -0.2) is 14.3 Å². The molecule has 3 aromatic rings. The molecule has 2 aliphatic rings. The van der Waals surface area contributed by atoms with Gasteiger partial charge in [-0.1, -0.05) is 89.9 Å². The second-order valence-electron chi connectivity index (χ2n) is 12.1. The highest BCUT2D eigenvalue weighted by atomic mass is 32.2. The Morgan fingerprint density at radius 3 is 2.21 bits per heavy atom. The van der Waals surface area contributed by atoms with E-state index in [2.05, 4.69) is 15.2 Å². The van der Waals surface area contributed by atoms with Gasteiger partial charge in [-0.15, -0.1) is 5.10 Å². The lowest BCUT2D eigenvalue weighted by Gasteiger charge is -2.36. The summed E-state index contributed by atoms with van der Waals surface area (Å²) in [5.74, 6) is -0.160. The molecule has 1 saturated heterocycles. The van der Waals surface area contributed by atoms with Gasteiger partial charge in [0.05, 0.1) is 12.2 Å². The van der Waals surface area contributed by atoms with Crippen LogP contribution in [0.4, 0.5) is 4.79 Å². The Morgan fingerprint density at radius 2 is 1.60 bits per heavy atom. The number of carbonyl (C=O) groups is 2. The topological polar surface area (TPSA) is 128 Å². The standard InChI is InChI=1S/C33H39N5O7S2/c1-33(2,3)45-31(41)36-14-16-37(17-15-36)32(46)47-22-25-18-38(35-34-25)19-26(39)27-28(42-20-23-10-6-4-7-11-23)29(30(40)44-27)43-21-24-12-8-5-9-13-24/h4-13,18,26-27,39H,14-17,19-22H2,1-3H3/t26-,27+/m0/s1. The van der Waals surface area contributed by atoms with E-state index in [-0.39, 0.29) is 37.4 Å². The Labute approximate surface area is 283 Å². The van der Waals surface area contributed by atoms with Crippen LogP contribution in [0.25, 0.3) is 0 Å². The lowest BCUT2D eigenvalue weighted by Crippen LogP contribution is -2.50. The summed E-state index contributed by atoms with van der Waals surface area (Å²) in [6.45, 7) is 8.13. The van der Waals surface area contributed by atoms with Crippen molar-refractivity contribution in [1.82, 2.24) is 24.8 Å². The number of aliphatic hydroxyl groups excluding tert-OH is 1. The fourth-order valence-corrected chi connectivity index (χ4v) is 5.98. The molecule has 0 saturated carbocycles. The molecule has 1 amide bonds. The first-order chi connectivity index (χ1) is 22.6. The molecule has 1 fully saturated rings. The first-order valence-electron chi connectivity index (χ1n) is 15.3. The molecule has 2 aliphatic heterocycles. The van der Waals surface area contributed by atoms with Crippen LogP contribution >= 0.6 is 24.0 Å². The summed E-state index contributed by atoms with van der Waals surface area (Å²) in [5, 5.41) is 19.6. The van der Waals surface area contributed by atoms with E-state index in [1.54, 1.807) is 11.1 Å². The first kappa shape index (κ1) is 34.2. The summed E-state index contributed by atoms with van der Waals surface area (Å²) < 4.78 is 25.2. The van der Waals surface area contributed by atoms with E-state index >= 15 is 0 Å². The largest absolute Gasteiger partial charge is 0.485 e. The minimum absolute atomic E-state index is 0.00313. The van der Waals surface area contributed by atoms with Crippen LogP contribution in [0.15, 0.2) is 78.4 Å². The highest BCUT2D eigenvalue weighted by Gasteiger charge is 2.42. The number of esters is 1. The lowest BCUT2D eigenvalue weighted by molar-refractivity contribution is -0.148. The van der Waals surface area contributed by atoms with Crippen LogP contribution in [0.1, 0.15) is 37.6 Å². The highest BCUT2D eigenvalue weighted by Crippen LogP contribution is 2.30. The monoisotopic (exact) mass is 681 g/mol. The number of piperazine rings is 1. The van der Waals surface area contributed by atoms with E-state index in [1.165, 1.54) is 16.4 Å². The molecule has 0 radical (unpaired) electrons.